The molecule has 0 unspecified atom stereocenters. The monoisotopic (exact) mass is 360 g/mol. The molecule has 1 heterocycles. The van der Waals surface area contributed by atoms with Gasteiger partial charge in [0.2, 0.25) is 5.91 Å². The summed E-state index contributed by atoms with van der Waals surface area (Å²) in [6, 6.07) is 15.2. The van der Waals surface area contributed by atoms with Gasteiger partial charge in [-0.3, -0.25) is 4.79 Å². The van der Waals surface area contributed by atoms with E-state index in [1.807, 2.05) is 59.5 Å². The number of amides is 1. The highest BCUT2D eigenvalue weighted by molar-refractivity contribution is 6.30. The fraction of sp³-hybridized carbons (Fsp3) is 0.211. The Labute approximate surface area is 152 Å². The van der Waals surface area contributed by atoms with E-state index in [4.69, 9.17) is 23.2 Å². The van der Waals surface area contributed by atoms with Crippen LogP contribution in [0.15, 0.2) is 54.6 Å². The number of rotatable bonds is 3. The van der Waals surface area contributed by atoms with Crippen LogP contribution in [-0.4, -0.2) is 37.0 Å². The lowest BCUT2D eigenvalue weighted by Gasteiger charge is -2.35. The van der Waals surface area contributed by atoms with Crippen molar-refractivity contribution in [1.82, 2.24) is 4.90 Å². The fourth-order valence-corrected chi connectivity index (χ4v) is 2.94. The van der Waals surface area contributed by atoms with E-state index in [2.05, 4.69) is 4.90 Å². The molecule has 5 heteroatoms. The van der Waals surface area contributed by atoms with Crippen molar-refractivity contribution in [3.8, 4) is 0 Å². The van der Waals surface area contributed by atoms with Crippen molar-refractivity contribution in [2.24, 2.45) is 0 Å². The number of anilines is 1. The van der Waals surface area contributed by atoms with Crippen LogP contribution in [-0.2, 0) is 4.79 Å². The zero-order valence-electron chi connectivity index (χ0n) is 13.2. The third kappa shape index (κ3) is 4.31. The molecular formula is C19H18Cl2N2O. The molecule has 0 bridgehead atoms. The van der Waals surface area contributed by atoms with Crippen molar-refractivity contribution in [3.05, 3.63) is 70.2 Å². The molecule has 1 aliphatic rings. The molecule has 3 rings (SSSR count). The molecule has 1 fully saturated rings. The second kappa shape index (κ2) is 7.73. The molecule has 0 atom stereocenters. The van der Waals surface area contributed by atoms with Gasteiger partial charge in [-0.05, 0) is 48.0 Å². The van der Waals surface area contributed by atoms with E-state index >= 15 is 0 Å². The molecule has 2 aromatic carbocycles. The van der Waals surface area contributed by atoms with Crippen LogP contribution in [0.1, 0.15) is 5.56 Å². The second-order valence-corrected chi connectivity index (χ2v) is 6.55. The maximum Gasteiger partial charge on any atom is 0.246 e. The van der Waals surface area contributed by atoms with Crippen LogP contribution >= 0.6 is 23.2 Å². The van der Waals surface area contributed by atoms with Gasteiger partial charge in [-0.2, -0.15) is 0 Å². The standard InChI is InChI=1S/C19H18Cl2N2O/c20-16-4-1-15(2-5-16)3-10-19(24)23-13-11-22(12-14-23)18-8-6-17(21)7-9-18/h1-10H,11-14H2. The summed E-state index contributed by atoms with van der Waals surface area (Å²) in [5, 5.41) is 1.43. The van der Waals surface area contributed by atoms with E-state index in [1.165, 1.54) is 0 Å². The van der Waals surface area contributed by atoms with Gasteiger partial charge >= 0.3 is 0 Å². The highest BCUT2D eigenvalue weighted by Gasteiger charge is 2.19. The Morgan fingerprint density at radius 2 is 1.38 bits per heavy atom. The molecule has 1 saturated heterocycles. The normalized spacial score (nSPS) is 15.1. The molecule has 1 amide bonds. The minimum absolute atomic E-state index is 0.0423. The van der Waals surface area contributed by atoms with Gasteiger partial charge in [-0.25, -0.2) is 0 Å². The quantitative estimate of drug-likeness (QED) is 0.759. The molecule has 24 heavy (non-hydrogen) atoms. The van der Waals surface area contributed by atoms with Gasteiger partial charge in [0.05, 0.1) is 0 Å². The minimum atomic E-state index is 0.0423. The van der Waals surface area contributed by atoms with Crippen LogP contribution in [0.25, 0.3) is 6.08 Å². The molecule has 0 spiro atoms. The lowest BCUT2D eigenvalue weighted by molar-refractivity contribution is -0.126. The molecule has 0 saturated carbocycles. The smallest absolute Gasteiger partial charge is 0.246 e. The number of hydrogen-bond acceptors (Lipinski definition) is 2. The van der Waals surface area contributed by atoms with Crippen molar-refractivity contribution in [1.29, 1.82) is 0 Å². The first-order valence-corrected chi connectivity index (χ1v) is 8.60. The Bertz CT molecular complexity index is 718. The third-order valence-corrected chi connectivity index (χ3v) is 4.58. The zero-order valence-corrected chi connectivity index (χ0v) is 14.7. The number of carbonyl (C=O) groups is 1. The Balaban J connectivity index is 1.55. The Kier molecular flexibility index (Phi) is 5.44. The summed E-state index contributed by atoms with van der Waals surface area (Å²) in [6.45, 7) is 3.07. The maximum absolute atomic E-state index is 12.3. The van der Waals surface area contributed by atoms with Crippen molar-refractivity contribution < 1.29 is 4.79 Å². The van der Waals surface area contributed by atoms with Gasteiger partial charge in [0.15, 0.2) is 0 Å². The first-order chi connectivity index (χ1) is 11.6. The van der Waals surface area contributed by atoms with Crippen LogP contribution in [0.5, 0.6) is 0 Å². The predicted octanol–water partition coefficient (Wildman–Crippen LogP) is 4.36. The zero-order chi connectivity index (χ0) is 16.9. The van der Waals surface area contributed by atoms with E-state index in [1.54, 1.807) is 6.08 Å². The molecule has 2 aromatic rings. The minimum Gasteiger partial charge on any atom is -0.368 e. The Hall–Kier alpha value is -1.97. The number of piperazine rings is 1. The van der Waals surface area contributed by atoms with Gasteiger partial charge in [0.1, 0.15) is 0 Å². The van der Waals surface area contributed by atoms with Crippen LogP contribution < -0.4 is 4.90 Å². The van der Waals surface area contributed by atoms with Gasteiger partial charge < -0.3 is 9.80 Å². The summed E-state index contributed by atoms with van der Waals surface area (Å²) < 4.78 is 0. The van der Waals surface area contributed by atoms with Crippen molar-refractivity contribution >= 4 is 40.9 Å². The average molecular weight is 361 g/mol. The van der Waals surface area contributed by atoms with E-state index in [0.717, 1.165) is 29.4 Å². The summed E-state index contributed by atoms with van der Waals surface area (Å²) in [5.74, 6) is 0.0423. The number of hydrogen-bond donors (Lipinski definition) is 0. The van der Waals surface area contributed by atoms with Crippen LogP contribution in [0.3, 0.4) is 0 Å². The van der Waals surface area contributed by atoms with Crippen LogP contribution in [0.2, 0.25) is 10.0 Å². The van der Waals surface area contributed by atoms with Gasteiger partial charge in [0, 0.05) is 48.0 Å². The summed E-state index contributed by atoms with van der Waals surface area (Å²) >= 11 is 11.8. The number of halogens is 2. The first-order valence-electron chi connectivity index (χ1n) is 7.85. The molecule has 1 aliphatic heterocycles. The topological polar surface area (TPSA) is 23.6 Å². The van der Waals surface area contributed by atoms with Gasteiger partial charge in [0.25, 0.3) is 0 Å². The average Bonchev–Trinajstić information content (AvgIpc) is 2.62. The highest BCUT2D eigenvalue weighted by atomic mass is 35.5. The third-order valence-electron chi connectivity index (χ3n) is 4.07. The molecule has 0 radical (unpaired) electrons. The highest BCUT2D eigenvalue weighted by Crippen LogP contribution is 2.19. The SMILES string of the molecule is O=C(C=Cc1ccc(Cl)cc1)N1CCN(c2ccc(Cl)cc2)CC1. The number of benzene rings is 2. The van der Waals surface area contributed by atoms with Crippen molar-refractivity contribution in [2.45, 2.75) is 0 Å². The molecule has 0 N–H and O–H groups in total. The first kappa shape index (κ1) is 16.9. The molecular weight excluding hydrogens is 343 g/mol. The van der Waals surface area contributed by atoms with Crippen molar-refractivity contribution in [3.63, 3.8) is 0 Å². The molecule has 3 nitrogen and oxygen atoms in total. The Morgan fingerprint density at radius 1 is 0.833 bits per heavy atom. The molecule has 0 aromatic heterocycles. The van der Waals surface area contributed by atoms with Gasteiger partial charge in [-0.1, -0.05) is 35.3 Å². The lowest BCUT2D eigenvalue weighted by atomic mass is 10.2. The van der Waals surface area contributed by atoms with Crippen LogP contribution in [0.4, 0.5) is 5.69 Å². The predicted molar refractivity (Wildman–Crippen MR) is 101 cm³/mol. The lowest BCUT2D eigenvalue weighted by Crippen LogP contribution is -2.48. The summed E-state index contributed by atoms with van der Waals surface area (Å²) in [5.41, 5.74) is 2.11. The molecule has 124 valence electrons. The van der Waals surface area contributed by atoms with E-state index in [0.29, 0.717) is 18.1 Å². The molecule has 0 aliphatic carbocycles. The fourth-order valence-electron chi connectivity index (χ4n) is 2.68. The van der Waals surface area contributed by atoms with Crippen LogP contribution in [0, 0.1) is 0 Å². The van der Waals surface area contributed by atoms with Gasteiger partial charge in [-0.15, -0.1) is 0 Å². The van der Waals surface area contributed by atoms with E-state index in [-0.39, 0.29) is 5.91 Å². The Morgan fingerprint density at radius 3 is 1.96 bits per heavy atom. The maximum atomic E-state index is 12.3. The summed E-state index contributed by atoms with van der Waals surface area (Å²) in [6.07, 6.45) is 3.45. The van der Waals surface area contributed by atoms with E-state index < -0.39 is 0 Å². The van der Waals surface area contributed by atoms with Crippen molar-refractivity contribution in [2.75, 3.05) is 31.1 Å². The van der Waals surface area contributed by atoms with E-state index in [9.17, 15) is 4.79 Å². The summed E-state index contributed by atoms with van der Waals surface area (Å²) in [4.78, 5) is 16.4. The second-order valence-electron chi connectivity index (χ2n) is 5.67. The summed E-state index contributed by atoms with van der Waals surface area (Å²) in [7, 11) is 0. The number of nitrogens with zero attached hydrogens (tertiary/aromatic N) is 2. The number of carbonyl (C=O) groups excluding carboxylic acids is 1. The largest absolute Gasteiger partial charge is 0.368 e.